The number of likely N-dealkylation sites (tertiary alicyclic amines) is 1. The van der Waals surface area contributed by atoms with Crippen LogP contribution in [-0.2, 0) is 22.6 Å². The Morgan fingerprint density at radius 3 is 2.43 bits per heavy atom. The minimum absolute atomic E-state index is 0.0109. The first-order valence-corrected chi connectivity index (χ1v) is 9.62. The van der Waals surface area contributed by atoms with Crippen LogP contribution in [0.5, 0.6) is 5.75 Å². The summed E-state index contributed by atoms with van der Waals surface area (Å²) >= 11 is 0. The van der Waals surface area contributed by atoms with Gasteiger partial charge in [0.05, 0.1) is 12.1 Å². The number of benzene rings is 2. The molecule has 0 unspecified atom stereocenters. The molecule has 0 atom stereocenters. The Kier molecular flexibility index (Phi) is 5.27. The Hall–Kier alpha value is -3.61. The smallest absolute Gasteiger partial charge is 0.229 e. The number of phenols is 1. The third kappa shape index (κ3) is 3.78. The molecule has 1 aliphatic heterocycles. The van der Waals surface area contributed by atoms with Gasteiger partial charge in [0, 0.05) is 24.4 Å². The molecule has 6 nitrogen and oxygen atoms in total. The standard InChI is InChI=1S/C23H19FN2O4/c24-18-6-4-14(5-7-18)8-15-9-19-16(12-26-20(28)2-1-3-21(26)29)10-17(13-27)23(30)22(19)25-11-15/h4-7,9-11,13,30H,1-3,8,12H2. The number of phenolic OH excluding ortho intramolecular Hbond substituents is 1. The Bertz CT molecular complexity index is 1140. The van der Waals surface area contributed by atoms with Crippen LogP contribution in [0.3, 0.4) is 0 Å². The van der Waals surface area contributed by atoms with Crippen LogP contribution in [0.1, 0.15) is 46.3 Å². The Labute approximate surface area is 172 Å². The lowest BCUT2D eigenvalue weighted by atomic mass is 9.98. The van der Waals surface area contributed by atoms with Crippen molar-refractivity contribution in [2.45, 2.75) is 32.2 Å². The number of fused-ring (bicyclic) bond motifs is 1. The SMILES string of the molecule is O=Cc1cc(CN2C(=O)CCCC2=O)c2cc(Cc3ccc(F)cc3)cnc2c1O. The van der Waals surface area contributed by atoms with E-state index in [2.05, 4.69) is 4.98 Å². The molecular formula is C23H19FN2O4. The predicted molar refractivity (Wildman–Crippen MR) is 107 cm³/mol. The first-order chi connectivity index (χ1) is 14.5. The quantitative estimate of drug-likeness (QED) is 0.517. The summed E-state index contributed by atoms with van der Waals surface area (Å²) in [5, 5.41) is 11.0. The van der Waals surface area contributed by atoms with Crippen LogP contribution in [0.2, 0.25) is 0 Å². The lowest BCUT2D eigenvalue weighted by molar-refractivity contribution is -0.148. The average Bonchev–Trinajstić information content (AvgIpc) is 2.74. The molecule has 2 amide bonds. The van der Waals surface area contributed by atoms with Crippen molar-refractivity contribution in [2.75, 3.05) is 0 Å². The van der Waals surface area contributed by atoms with Crippen LogP contribution in [0, 0.1) is 5.82 Å². The Morgan fingerprint density at radius 1 is 1.07 bits per heavy atom. The normalized spacial score (nSPS) is 14.4. The molecular weight excluding hydrogens is 387 g/mol. The van der Waals surface area contributed by atoms with Crippen LogP contribution < -0.4 is 0 Å². The van der Waals surface area contributed by atoms with E-state index in [0.717, 1.165) is 11.1 Å². The van der Waals surface area contributed by atoms with E-state index >= 15 is 0 Å². The van der Waals surface area contributed by atoms with Crippen molar-refractivity contribution in [3.8, 4) is 5.75 Å². The molecule has 152 valence electrons. The fourth-order valence-electron chi connectivity index (χ4n) is 3.71. The molecule has 2 aromatic carbocycles. The highest BCUT2D eigenvalue weighted by atomic mass is 19.1. The molecule has 1 fully saturated rings. The maximum absolute atomic E-state index is 13.2. The molecule has 7 heteroatoms. The fraction of sp³-hybridized carbons (Fsp3) is 0.217. The number of aromatic hydroxyl groups is 1. The number of piperidine rings is 1. The first-order valence-electron chi connectivity index (χ1n) is 9.62. The number of imide groups is 1. The fourth-order valence-corrected chi connectivity index (χ4v) is 3.71. The van der Waals surface area contributed by atoms with E-state index in [4.69, 9.17) is 0 Å². The molecule has 1 saturated heterocycles. The van der Waals surface area contributed by atoms with E-state index in [1.54, 1.807) is 18.3 Å². The largest absolute Gasteiger partial charge is 0.505 e. The Balaban J connectivity index is 1.77. The third-order valence-corrected chi connectivity index (χ3v) is 5.28. The van der Waals surface area contributed by atoms with Gasteiger partial charge in [0.2, 0.25) is 11.8 Å². The zero-order chi connectivity index (χ0) is 21.3. The van der Waals surface area contributed by atoms with Gasteiger partial charge in [-0.1, -0.05) is 12.1 Å². The molecule has 0 spiro atoms. The van der Waals surface area contributed by atoms with Crippen molar-refractivity contribution in [3.05, 3.63) is 70.7 Å². The van der Waals surface area contributed by atoms with Crippen molar-refractivity contribution in [3.63, 3.8) is 0 Å². The summed E-state index contributed by atoms with van der Waals surface area (Å²) in [5.41, 5.74) is 2.53. The van der Waals surface area contributed by atoms with E-state index < -0.39 is 0 Å². The van der Waals surface area contributed by atoms with Crippen LogP contribution in [0.25, 0.3) is 10.9 Å². The van der Waals surface area contributed by atoms with Gasteiger partial charge in [0.1, 0.15) is 11.3 Å². The number of pyridine rings is 1. The number of hydrogen-bond acceptors (Lipinski definition) is 5. The third-order valence-electron chi connectivity index (χ3n) is 5.28. The highest BCUT2D eigenvalue weighted by molar-refractivity contribution is 5.99. The summed E-state index contributed by atoms with van der Waals surface area (Å²) in [6, 6.07) is 9.42. The molecule has 0 bridgehead atoms. The van der Waals surface area contributed by atoms with Gasteiger partial charge in [-0.25, -0.2) is 4.39 Å². The topological polar surface area (TPSA) is 87.6 Å². The number of amides is 2. The highest BCUT2D eigenvalue weighted by Gasteiger charge is 2.27. The second kappa shape index (κ2) is 8.02. The summed E-state index contributed by atoms with van der Waals surface area (Å²) < 4.78 is 13.2. The minimum Gasteiger partial charge on any atom is -0.505 e. The number of rotatable bonds is 5. The van der Waals surface area contributed by atoms with Crippen LogP contribution in [0.4, 0.5) is 4.39 Å². The lowest BCUT2D eigenvalue weighted by Crippen LogP contribution is -2.39. The minimum atomic E-state index is -0.320. The molecule has 2 heterocycles. The van der Waals surface area contributed by atoms with Gasteiger partial charge >= 0.3 is 0 Å². The van der Waals surface area contributed by atoms with Crippen molar-refractivity contribution in [2.24, 2.45) is 0 Å². The maximum atomic E-state index is 13.2. The van der Waals surface area contributed by atoms with E-state index in [9.17, 15) is 23.9 Å². The zero-order valence-corrected chi connectivity index (χ0v) is 16.1. The summed E-state index contributed by atoms with van der Waals surface area (Å²) in [7, 11) is 0. The van der Waals surface area contributed by atoms with Gasteiger partial charge in [-0.05, 0) is 53.8 Å². The van der Waals surface area contributed by atoms with Gasteiger partial charge in [0.15, 0.2) is 12.0 Å². The van der Waals surface area contributed by atoms with Crippen LogP contribution >= 0.6 is 0 Å². The van der Waals surface area contributed by atoms with Crippen molar-refractivity contribution >= 4 is 29.0 Å². The predicted octanol–water partition coefficient (Wildman–Crippen LogP) is 3.52. The van der Waals surface area contributed by atoms with E-state index in [0.29, 0.717) is 42.9 Å². The summed E-state index contributed by atoms with van der Waals surface area (Å²) in [4.78, 5) is 41.4. The summed E-state index contributed by atoms with van der Waals surface area (Å²) in [6.45, 7) is 0.0109. The number of aromatic nitrogens is 1. The van der Waals surface area contributed by atoms with Gasteiger partial charge in [0.25, 0.3) is 0 Å². The van der Waals surface area contributed by atoms with Gasteiger partial charge in [-0.3, -0.25) is 24.3 Å². The maximum Gasteiger partial charge on any atom is 0.229 e. The molecule has 3 aromatic rings. The van der Waals surface area contributed by atoms with Gasteiger partial charge in [-0.2, -0.15) is 0 Å². The van der Waals surface area contributed by atoms with Crippen LogP contribution in [0.15, 0.2) is 42.6 Å². The van der Waals surface area contributed by atoms with Crippen molar-refractivity contribution < 1.29 is 23.9 Å². The van der Waals surface area contributed by atoms with Crippen molar-refractivity contribution in [1.82, 2.24) is 9.88 Å². The monoisotopic (exact) mass is 406 g/mol. The first kappa shape index (κ1) is 19.7. The molecule has 1 aliphatic rings. The number of nitrogens with zero attached hydrogens (tertiary/aromatic N) is 2. The van der Waals surface area contributed by atoms with Gasteiger partial charge < -0.3 is 5.11 Å². The van der Waals surface area contributed by atoms with E-state index in [1.807, 2.05) is 6.07 Å². The molecule has 4 rings (SSSR count). The zero-order valence-electron chi connectivity index (χ0n) is 16.1. The Morgan fingerprint density at radius 2 is 1.77 bits per heavy atom. The van der Waals surface area contributed by atoms with Crippen molar-refractivity contribution in [1.29, 1.82) is 0 Å². The summed E-state index contributed by atoms with van der Waals surface area (Å²) in [5.74, 6) is -1.07. The number of carbonyl (C=O) groups is 3. The second-order valence-electron chi connectivity index (χ2n) is 7.36. The number of halogens is 1. The molecule has 0 saturated carbocycles. The summed E-state index contributed by atoms with van der Waals surface area (Å²) in [6.07, 6.45) is 3.73. The average molecular weight is 406 g/mol. The molecule has 0 radical (unpaired) electrons. The molecule has 30 heavy (non-hydrogen) atoms. The number of carbonyl (C=O) groups excluding carboxylic acids is 3. The highest BCUT2D eigenvalue weighted by Crippen LogP contribution is 2.32. The number of hydrogen-bond donors (Lipinski definition) is 1. The molecule has 1 aromatic heterocycles. The second-order valence-corrected chi connectivity index (χ2v) is 7.36. The van der Waals surface area contributed by atoms with E-state index in [-0.39, 0.29) is 41.0 Å². The molecule has 1 N–H and O–H groups in total. The van der Waals surface area contributed by atoms with E-state index in [1.165, 1.54) is 23.1 Å². The number of aldehydes is 1. The molecule has 0 aliphatic carbocycles. The van der Waals surface area contributed by atoms with Crippen LogP contribution in [-0.4, -0.2) is 33.1 Å². The van der Waals surface area contributed by atoms with Gasteiger partial charge in [-0.15, -0.1) is 0 Å². The lowest BCUT2D eigenvalue weighted by Gasteiger charge is -2.25.